The van der Waals surface area contributed by atoms with Gasteiger partial charge in [0.2, 0.25) is 5.95 Å². The summed E-state index contributed by atoms with van der Waals surface area (Å²) in [6.07, 6.45) is 4.25. The summed E-state index contributed by atoms with van der Waals surface area (Å²) in [6.45, 7) is 1.62. The fourth-order valence-corrected chi connectivity index (χ4v) is 1.42. The lowest BCUT2D eigenvalue weighted by Crippen LogP contribution is -2.22. The van der Waals surface area contributed by atoms with E-state index in [0.29, 0.717) is 5.56 Å². The van der Waals surface area contributed by atoms with Gasteiger partial charge in [-0.25, -0.2) is 20.6 Å². The minimum absolute atomic E-state index is 0.165. The van der Waals surface area contributed by atoms with Crippen molar-refractivity contribution in [2.24, 2.45) is 5.84 Å². The highest BCUT2D eigenvalue weighted by atomic mass is 16.2. The molecular formula is C11H12N8O3. The van der Waals surface area contributed by atoms with E-state index in [1.807, 2.05) is 0 Å². The number of nitrogens with one attached hydrogen (secondary N) is 4. The minimum Gasteiger partial charge on any atom is -0.314 e. The van der Waals surface area contributed by atoms with Crippen molar-refractivity contribution in [2.75, 3.05) is 5.43 Å². The van der Waals surface area contributed by atoms with E-state index in [-0.39, 0.29) is 28.2 Å². The lowest BCUT2D eigenvalue weighted by atomic mass is 10.4. The lowest BCUT2D eigenvalue weighted by molar-refractivity contribution is 1.01. The van der Waals surface area contributed by atoms with Crippen molar-refractivity contribution in [3.63, 3.8) is 0 Å². The number of aryl methyl sites for hydroxylation is 1. The predicted molar refractivity (Wildman–Crippen MR) is 78.2 cm³/mol. The molecule has 3 heterocycles. The number of nitrogens with two attached hydrogens (primary N) is 1. The molecule has 3 aromatic rings. The Morgan fingerprint density at radius 3 is 2.45 bits per heavy atom. The van der Waals surface area contributed by atoms with Crippen LogP contribution in [0.3, 0.4) is 0 Å². The van der Waals surface area contributed by atoms with Crippen molar-refractivity contribution in [3.05, 3.63) is 55.3 Å². The van der Waals surface area contributed by atoms with Gasteiger partial charge >= 0.3 is 5.69 Å². The normalized spacial score (nSPS) is 9.91. The molecule has 0 unspecified atom stereocenters. The molecule has 0 bridgehead atoms. The molecule has 0 radical (unpaired) electrons. The molecule has 0 fully saturated rings. The molecule has 3 rings (SSSR count). The van der Waals surface area contributed by atoms with Gasteiger partial charge in [-0.15, -0.1) is 0 Å². The van der Waals surface area contributed by atoms with E-state index in [1.54, 1.807) is 6.92 Å². The molecule has 0 spiro atoms. The van der Waals surface area contributed by atoms with E-state index in [0.717, 1.165) is 0 Å². The molecule has 3 aromatic heterocycles. The van der Waals surface area contributed by atoms with Crippen LogP contribution in [0.4, 0.5) is 5.95 Å². The maximum atomic E-state index is 11.3. The van der Waals surface area contributed by atoms with Crippen LogP contribution in [0.5, 0.6) is 0 Å². The van der Waals surface area contributed by atoms with E-state index < -0.39 is 5.69 Å². The molecular weight excluding hydrogens is 292 g/mol. The Morgan fingerprint density at radius 1 is 1.09 bits per heavy atom. The molecule has 0 aliphatic heterocycles. The number of nitrogen functional groups attached to an aromatic ring is 1. The summed E-state index contributed by atoms with van der Waals surface area (Å²) >= 11 is 0. The highest BCUT2D eigenvalue weighted by molar-refractivity contribution is 5.68. The number of nitrogens with zero attached hydrogens (tertiary/aromatic N) is 3. The average Bonchev–Trinajstić information content (AvgIpc) is 2.52. The standard InChI is InChI=1S/C6H6N6O.C5H6N2O2/c7-12-6-10-4-3(5(13)11-6)8-1-2-9-4;1-3-2-6-5(9)7-4(3)8/h1-2H,7H2,(H2,9,10,11,12,13);2H,1H3,(H2,6,7,8,9). The van der Waals surface area contributed by atoms with Gasteiger partial charge in [0.05, 0.1) is 0 Å². The number of hydrogen-bond donors (Lipinski definition) is 5. The quantitative estimate of drug-likeness (QED) is 0.263. The highest BCUT2D eigenvalue weighted by Gasteiger charge is 2.03. The fourth-order valence-electron chi connectivity index (χ4n) is 1.42. The Kier molecular flexibility index (Phi) is 4.38. The summed E-state index contributed by atoms with van der Waals surface area (Å²) in [6, 6.07) is 0. The van der Waals surface area contributed by atoms with E-state index in [2.05, 4.69) is 35.3 Å². The van der Waals surface area contributed by atoms with Gasteiger partial charge in [-0.05, 0) is 6.92 Å². The zero-order chi connectivity index (χ0) is 16.1. The van der Waals surface area contributed by atoms with Crippen molar-refractivity contribution in [1.29, 1.82) is 0 Å². The number of H-pyrrole nitrogens is 3. The molecule has 0 saturated heterocycles. The van der Waals surface area contributed by atoms with Crippen LogP contribution in [0.1, 0.15) is 5.56 Å². The third kappa shape index (κ3) is 3.40. The second kappa shape index (κ2) is 6.41. The van der Waals surface area contributed by atoms with Crippen molar-refractivity contribution in [3.8, 4) is 0 Å². The van der Waals surface area contributed by atoms with Gasteiger partial charge in [-0.2, -0.15) is 4.98 Å². The van der Waals surface area contributed by atoms with Crippen LogP contribution in [-0.2, 0) is 0 Å². The zero-order valence-electron chi connectivity index (χ0n) is 11.4. The van der Waals surface area contributed by atoms with Gasteiger partial charge in [0.25, 0.3) is 11.1 Å². The van der Waals surface area contributed by atoms with Crippen LogP contribution in [0, 0.1) is 6.92 Å². The second-order valence-corrected chi connectivity index (χ2v) is 4.04. The van der Waals surface area contributed by atoms with Crippen LogP contribution in [0.2, 0.25) is 0 Å². The first kappa shape index (κ1) is 15.1. The number of aromatic amines is 3. The Hall–Kier alpha value is -3.34. The molecule has 0 aliphatic rings. The van der Waals surface area contributed by atoms with Crippen molar-refractivity contribution in [2.45, 2.75) is 6.92 Å². The zero-order valence-corrected chi connectivity index (χ0v) is 11.4. The summed E-state index contributed by atoms with van der Waals surface area (Å²) in [5, 5.41) is 0. The number of anilines is 1. The molecule has 0 saturated carbocycles. The first-order valence-corrected chi connectivity index (χ1v) is 5.97. The van der Waals surface area contributed by atoms with Crippen LogP contribution in [0.25, 0.3) is 11.2 Å². The SMILES string of the molecule is Cc1c[nH]c(=O)[nH]c1=O.NNc1nc2nccnc2c(=O)[nH]1. The maximum absolute atomic E-state index is 11.3. The number of aromatic nitrogens is 6. The van der Waals surface area contributed by atoms with Gasteiger partial charge in [0, 0.05) is 24.2 Å². The topological polar surface area (TPSA) is 175 Å². The van der Waals surface area contributed by atoms with Crippen molar-refractivity contribution < 1.29 is 0 Å². The molecule has 11 nitrogen and oxygen atoms in total. The monoisotopic (exact) mass is 304 g/mol. The number of hydrogen-bond acceptors (Lipinski definition) is 8. The Morgan fingerprint density at radius 2 is 1.82 bits per heavy atom. The fraction of sp³-hybridized carbons (Fsp3) is 0.0909. The van der Waals surface area contributed by atoms with Gasteiger partial charge in [0.1, 0.15) is 0 Å². The number of hydrazine groups is 1. The molecule has 11 heteroatoms. The summed E-state index contributed by atoms with van der Waals surface area (Å²) in [5.74, 6) is 5.24. The maximum Gasteiger partial charge on any atom is 0.325 e. The summed E-state index contributed by atoms with van der Waals surface area (Å²) < 4.78 is 0. The van der Waals surface area contributed by atoms with Gasteiger partial charge < -0.3 is 4.98 Å². The molecule has 0 amide bonds. The molecule has 0 aromatic carbocycles. The summed E-state index contributed by atoms with van der Waals surface area (Å²) in [5.41, 5.74) is 2.02. The average molecular weight is 304 g/mol. The number of rotatable bonds is 1. The molecule has 114 valence electrons. The Balaban J connectivity index is 0.000000172. The van der Waals surface area contributed by atoms with Gasteiger partial charge in [-0.1, -0.05) is 0 Å². The molecule has 22 heavy (non-hydrogen) atoms. The first-order valence-electron chi connectivity index (χ1n) is 5.97. The highest BCUT2D eigenvalue weighted by Crippen LogP contribution is 1.99. The predicted octanol–water partition coefficient (Wildman–Crippen LogP) is -1.63. The van der Waals surface area contributed by atoms with E-state index >= 15 is 0 Å². The largest absolute Gasteiger partial charge is 0.325 e. The Bertz CT molecular complexity index is 957. The smallest absolute Gasteiger partial charge is 0.314 e. The minimum atomic E-state index is -0.467. The van der Waals surface area contributed by atoms with E-state index in [4.69, 9.17) is 5.84 Å². The van der Waals surface area contributed by atoms with Crippen molar-refractivity contribution in [1.82, 2.24) is 29.9 Å². The van der Waals surface area contributed by atoms with E-state index in [9.17, 15) is 14.4 Å². The lowest BCUT2D eigenvalue weighted by Gasteiger charge is -1.98. The van der Waals surface area contributed by atoms with Gasteiger partial charge in [-0.3, -0.25) is 25.0 Å². The van der Waals surface area contributed by atoms with Crippen LogP contribution < -0.4 is 28.1 Å². The molecule has 0 atom stereocenters. The third-order valence-electron chi connectivity index (χ3n) is 2.49. The Labute approximate surface area is 121 Å². The first-order chi connectivity index (χ1) is 10.5. The van der Waals surface area contributed by atoms with Crippen LogP contribution in [0.15, 0.2) is 33.0 Å². The summed E-state index contributed by atoms with van der Waals surface area (Å²) in [4.78, 5) is 50.5. The van der Waals surface area contributed by atoms with Crippen LogP contribution >= 0.6 is 0 Å². The van der Waals surface area contributed by atoms with Crippen LogP contribution in [-0.4, -0.2) is 29.9 Å². The third-order valence-corrected chi connectivity index (χ3v) is 2.49. The van der Waals surface area contributed by atoms with Gasteiger partial charge in [0.15, 0.2) is 11.2 Å². The number of fused-ring (bicyclic) bond motifs is 1. The van der Waals surface area contributed by atoms with E-state index in [1.165, 1.54) is 18.6 Å². The second-order valence-electron chi connectivity index (χ2n) is 4.04. The van der Waals surface area contributed by atoms with Crippen molar-refractivity contribution >= 4 is 17.1 Å². The molecule has 0 aliphatic carbocycles. The molecule has 6 N–H and O–H groups in total. The summed E-state index contributed by atoms with van der Waals surface area (Å²) in [7, 11) is 0.